The Bertz CT molecular complexity index is 593. The van der Waals surface area contributed by atoms with Crippen LogP contribution in [0.3, 0.4) is 0 Å². The molecule has 0 bridgehead atoms. The number of rotatable bonds is 0. The highest BCUT2D eigenvalue weighted by Crippen LogP contribution is 2.46. The zero-order valence-corrected chi connectivity index (χ0v) is 11.4. The van der Waals surface area contributed by atoms with Crippen LogP contribution in [0.1, 0.15) is 75.4 Å². The maximum atomic E-state index is 8.79. The van der Waals surface area contributed by atoms with Gasteiger partial charge in [-0.3, -0.25) is 0 Å². The second-order valence-corrected chi connectivity index (χ2v) is 5.42. The first-order valence-electron chi connectivity index (χ1n) is 7.09. The average molecular weight is 245 g/mol. The molecule has 96 valence electrons. The Balaban J connectivity index is 2.25. The third-order valence-corrected chi connectivity index (χ3v) is 4.54. The first-order chi connectivity index (χ1) is 8.94. The first kappa shape index (κ1) is 10.5. The lowest BCUT2D eigenvalue weighted by Crippen LogP contribution is -2.16. The fourth-order valence-corrected chi connectivity index (χ4v) is 2.98. The van der Waals surface area contributed by atoms with E-state index in [-0.39, 0.29) is 17.8 Å². The molecule has 0 aliphatic heterocycles. The number of hydrogen-bond acceptors (Lipinski definition) is 2. The van der Waals surface area contributed by atoms with Crippen molar-refractivity contribution in [3.63, 3.8) is 0 Å². The van der Waals surface area contributed by atoms with E-state index in [9.17, 15) is 0 Å². The van der Waals surface area contributed by atoms with Crippen LogP contribution >= 0.6 is 0 Å². The predicted octanol–water partition coefficient (Wildman–Crippen LogP) is 5.00. The van der Waals surface area contributed by atoms with Gasteiger partial charge in [0.2, 0.25) is 0 Å². The van der Waals surface area contributed by atoms with Crippen LogP contribution in [0.5, 0.6) is 0 Å². The molecular weight excluding hydrogens is 224 g/mol. The van der Waals surface area contributed by atoms with Gasteiger partial charge >= 0.3 is 0 Å². The quantitative estimate of drug-likeness (QED) is 0.652. The van der Waals surface area contributed by atoms with Crippen LogP contribution in [0, 0.1) is 0 Å². The van der Waals surface area contributed by atoms with Gasteiger partial charge in [-0.2, -0.15) is 0 Å². The van der Waals surface area contributed by atoms with Gasteiger partial charge in [0.1, 0.15) is 11.5 Å². The molecular formula is C16H20O2. The normalized spacial score (nSPS) is 36.2. The zero-order chi connectivity index (χ0) is 13.8. The van der Waals surface area contributed by atoms with E-state index in [1.807, 2.05) is 19.1 Å². The Labute approximate surface area is 109 Å². The van der Waals surface area contributed by atoms with Crippen LogP contribution in [-0.2, 0) is 0 Å². The van der Waals surface area contributed by atoms with E-state index >= 15 is 0 Å². The summed E-state index contributed by atoms with van der Waals surface area (Å²) >= 11 is 0. The molecule has 0 fully saturated rings. The van der Waals surface area contributed by atoms with E-state index in [1.165, 1.54) is 0 Å². The van der Waals surface area contributed by atoms with Gasteiger partial charge in [-0.05, 0) is 35.1 Å². The van der Waals surface area contributed by atoms with Crippen molar-refractivity contribution in [3.8, 4) is 0 Å². The Morgan fingerprint density at radius 3 is 1.94 bits per heavy atom. The van der Waals surface area contributed by atoms with E-state index in [0.29, 0.717) is 0 Å². The molecule has 0 radical (unpaired) electrons. The van der Waals surface area contributed by atoms with Crippen LogP contribution < -0.4 is 0 Å². The fourth-order valence-electron chi connectivity index (χ4n) is 2.98. The summed E-state index contributed by atoms with van der Waals surface area (Å²) in [6, 6.07) is 3.97. The summed E-state index contributed by atoms with van der Waals surface area (Å²) in [5.41, 5.74) is 2.16. The number of furan rings is 2. The van der Waals surface area contributed by atoms with Gasteiger partial charge in [-0.15, -0.1) is 0 Å². The molecule has 3 rings (SSSR count). The number of hydrogen-bond donors (Lipinski definition) is 0. The van der Waals surface area contributed by atoms with Gasteiger partial charge in [-0.1, -0.05) is 27.7 Å². The summed E-state index contributed by atoms with van der Waals surface area (Å²) in [5, 5.41) is 0. The van der Waals surface area contributed by atoms with E-state index in [0.717, 1.165) is 22.6 Å². The smallest absolute Gasteiger partial charge is 0.110 e. The average Bonchev–Trinajstić information content (AvgIpc) is 3.03. The molecule has 2 heteroatoms. The predicted molar refractivity (Wildman–Crippen MR) is 71.1 cm³/mol. The number of fused-ring (bicyclic) bond motifs is 2. The summed E-state index contributed by atoms with van der Waals surface area (Å²) in [4.78, 5) is 0. The molecule has 0 N–H and O–H groups in total. The van der Waals surface area contributed by atoms with Gasteiger partial charge in [0.25, 0.3) is 0 Å². The first-order valence-corrected chi connectivity index (χ1v) is 6.59. The topological polar surface area (TPSA) is 26.3 Å². The Kier molecular flexibility index (Phi) is 2.35. The highest BCUT2D eigenvalue weighted by molar-refractivity contribution is 5.37. The minimum absolute atomic E-state index is 0.0764. The molecule has 0 spiro atoms. The largest absolute Gasteiger partial charge is 0.469 e. The van der Waals surface area contributed by atoms with Crippen molar-refractivity contribution in [2.75, 3.05) is 0 Å². The molecule has 0 aromatic carbocycles. The van der Waals surface area contributed by atoms with Crippen LogP contribution in [0.2, 0.25) is 0 Å². The standard InChI is InChI=1S/C16H20O2/c1-9-10(2)14-6-8-18-16(14)12(4)11(3)15-13(9)5-7-17-15/h5-12H,1-4H3/t9-,10-,11?,12?/m0/s1/i9D. The summed E-state index contributed by atoms with van der Waals surface area (Å²) in [6.07, 6.45) is 3.45. The molecule has 0 amide bonds. The molecule has 2 nitrogen and oxygen atoms in total. The Morgan fingerprint density at radius 1 is 0.833 bits per heavy atom. The molecule has 2 aromatic rings. The zero-order valence-electron chi connectivity index (χ0n) is 12.4. The Hall–Kier alpha value is -1.44. The molecule has 1 aliphatic rings. The molecule has 2 heterocycles. The minimum atomic E-state index is -0.699. The lowest BCUT2D eigenvalue weighted by Gasteiger charge is -2.28. The van der Waals surface area contributed by atoms with Gasteiger partial charge < -0.3 is 8.83 Å². The molecule has 2 unspecified atom stereocenters. The summed E-state index contributed by atoms with van der Waals surface area (Å²) in [5.74, 6) is 1.78. The molecule has 4 atom stereocenters. The van der Waals surface area contributed by atoms with Crippen molar-refractivity contribution >= 4 is 0 Å². The van der Waals surface area contributed by atoms with E-state index in [4.69, 9.17) is 10.2 Å². The van der Waals surface area contributed by atoms with Crippen molar-refractivity contribution in [2.24, 2.45) is 0 Å². The third kappa shape index (κ3) is 1.48. The molecule has 18 heavy (non-hydrogen) atoms. The second-order valence-electron chi connectivity index (χ2n) is 5.42. The minimum Gasteiger partial charge on any atom is -0.469 e. The SMILES string of the molecule is [2H][C@@]1(C)c2ccoc2C(C)C(C)c2occc2[C@H]1C. The maximum Gasteiger partial charge on any atom is 0.110 e. The highest BCUT2D eigenvalue weighted by Gasteiger charge is 2.34. The lowest BCUT2D eigenvalue weighted by atomic mass is 9.75. The van der Waals surface area contributed by atoms with Gasteiger partial charge in [0.05, 0.1) is 12.5 Å². The van der Waals surface area contributed by atoms with Gasteiger partial charge in [0, 0.05) is 13.2 Å². The van der Waals surface area contributed by atoms with Crippen molar-refractivity contribution in [3.05, 3.63) is 47.3 Å². The Morgan fingerprint density at radius 2 is 1.33 bits per heavy atom. The van der Waals surface area contributed by atoms with Crippen molar-refractivity contribution < 1.29 is 10.2 Å². The van der Waals surface area contributed by atoms with E-state index < -0.39 is 5.89 Å². The third-order valence-electron chi connectivity index (χ3n) is 4.54. The maximum absolute atomic E-state index is 8.79. The van der Waals surface area contributed by atoms with Crippen LogP contribution in [0.4, 0.5) is 0 Å². The van der Waals surface area contributed by atoms with E-state index in [2.05, 4.69) is 20.8 Å². The van der Waals surface area contributed by atoms with Gasteiger partial charge in [0.15, 0.2) is 0 Å². The molecule has 2 aromatic heterocycles. The summed E-state index contributed by atoms with van der Waals surface area (Å²) in [7, 11) is 0. The van der Waals surface area contributed by atoms with Crippen LogP contribution in [0.25, 0.3) is 0 Å². The van der Waals surface area contributed by atoms with Crippen molar-refractivity contribution in [1.82, 2.24) is 0 Å². The second kappa shape index (κ2) is 4.04. The molecule has 0 saturated heterocycles. The van der Waals surface area contributed by atoms with Crippen LogP contribution in [0.15, 0.2) is 33.5 Å². The summed E-state index contributed by atoms with van der Waals surface area (Å²) in [6.45, 7) is 8.37. The monoisotopic (exact) mass is 245 g/mol. The van der Waals surface area contributed by atoms with Crippen LogP contribution in [-0.4, -0.2) is 0 Å². The molecule has 0 saturated carbocycles. The molecule has 1 aliphatic carbocycles. The van der Waals surface area contributed by atoms with Gasteiger partial charge in [-0.25, -0.2) is 0 Å². The van der Waals surface area contributed by atoms with Crippen molar-refractivity contribution in [2.45, 2.75) is 51.3 Å². The fraction of sp³-hybridized carbons (Fsp3) is 0.500. The highest BCUT2D eigenvalue weighted by atomic mass is 16.3. The summed E-state index contributed by atoms with van der Waals surface area (Å²) < 4.78 is 20.2. The van der Waals surface area contributed by atoms with Crippen molar-refractivity contribution in [1.29, 1.82) is 0 Å². The lowest BCUT2D eigenvalue weighted by molar-refractivity contribution is 0.378. The van der Waals surface area contributed by atoms with E-state index in [1.54, 1.807) is 12.5 Å².